The van der Waals surface area contributed by atoms with Gasteiger partial charge in [-0.1, -0.05) is 0 Å². The first kappa shape index (κ1) is 15.8. The van der Waals surface area contributed by atoms with Crippen molar-refractivity contribution >= 4 is 18.3 Å². The fourth-order valence-corrected chi connectivity index (χ4v) is 0.965. The third-order valence-corrected chi connectivity index (χ3v) is 1.80. The van der Waals surface area contributed by atoms with Gasteiger partial charge in [0.15, 0.2) is 11.6 Å². The molecule has 0 N–H and O–H groups in total. The first-order valence-corrected chi connectivity index (χ1v) is 5.59. The maximum atomic E-state index is 13.4. The first-order valence-electron chi connectivity index (χ1n) is 5.59. The van der Waals surface area contributed by atoms with Crippen molar-refractivity contribution in [1.82, 2.24) is 14.9 Å². The van der Waals surface area contributed by atoms with E-state index in [0.29, 0.717) is 0 Å². The van der Waals surface area contributed by atoms with Crippen LogP contribution < -0.4 is 4.74 Å². The predicted octanol–water partition coefficient (Wildman–Crippen LogP) is 0.999. The normalized spacial score (nSPS) is 10.6. The molecule has 0 unspecified atom stereocenters. The summed E-state index contributed by atoms with van der Waals surface area (Å²) in [6, 6.07) is -0.347. The van der Waals surface area contributed by atoms with E-state index in [1.54, 1.807) is 19.0 Å². The van der Waals surface area contributed by atoms with Gasteiger partial charge in [0.05, 0.1) is 19.1 Å². The molecule has 8 nitrogen and oxygen atoms in total. The van der Waals surface area contributed by atoms with Crippen molar-refractivity contribution in [2.24, 2.45) is 4.99 Å². The SMILES string of the molecule is COCCOC(=O)Oc1ncc(F)c(/N=C/N(C)C)n1. The number of aliphatic imine (C=N–C) groups is 1. The third-order valence-electron chi connectivity index (χ3n) is 1.80. The van der Waals surface area contributed by atoms with Gasteiger partial charge in [-0.2, -0.15) is 4.98 Å². The van der Waals surface area contributed by atoms with E-state index in [1.165, 1.54) is 13.4 Å². The number of halogens is 1. The minimum atomic E-state index is -1.00. The Morgan fingerprint density at radius 3 is 2.90 bits per heavy atom. The molecule has 1 rings (SSSR count). The molecule has 20 heavy (non-hydrogen) atoms. The van der Waals surface area contributed by atoms with Gasteiger partial charge in [0.25, 0.3) is 0 Å². The van der Waals surface area contributed by atoms with Crippen molar-refractivity contribution in [2.45, 2.75) is 0 Å². The molecule has 0 aliphatic rings. The lowest BCUT2D eigenvalue weighted by Gasteiger charge is -2.05. The number of hydrogen-bond acceptors (Lipinski definition) is 7. The third kappa shape index (κ3) is 5.57. The van der Waals surface area contributed by atoms with Gasteiger partial charge in [-0.05, 0) is 0 Å². The molecule has 0 radical (unpaired) electrons. The Morgan fingerprint density at radius 1 is 1.50 bits per heavy atom. The first-order chi connectivity index (χ1) is 9.52. The highest BCUT2D eigenvalue weighted by molar-refractivity contribution is 5.63. The van der Waals surface area contributed by atoms with Crippen LogP contribution in [0.3, 0.4) is 0 Å². The second-order valence-corrected chi connectivity index (χ2v) is 3.73. The average Bonchev–Trinajstić information content (AvgIpc) is 2.39. The summed E-state index contributed by atoms with van der Waals surface area (Å²) in [5.74, 6) is -0.975. The van der Waals surface area contributed by atoms with Crippen LogP contribution in [0.25, 0.3) is 0 Å². The molecule has 1 heterocycles. The Bertz CT molecular complexity index is 481. The number of nitrogens with zero attached hydrogens (tertiary/aromatic N) is 4. The van der Waals surface area contributed by atoms with Crippen molar-refractivity contribution in [1.29, 1.82) is 0 Å². The smallest absolute Gasteiger partial charge is 0.431 e. The predicted molar refractivity (Wildman–Crippen MR) is 67.7 cm³/mol. The Balaban J connectivity index is 2.67. The van der Waals surface area contributed by atoms with E-state index in [9.17, 15) is 9.18 Å². The van der Waals surface area contributed by atoms with Crippen LogP contribution in [0.15, 0.2) is 11.2 Å². The maximum absolute atomic E-state index is 13.4. The molecule has 1 aromatic rings. The summed E-state index contributed by atoms with van der Waals surface area (Å²) >= 11 is 0. The highest BCUT2D eigenvalue weighted by Crippen LogP contribution is 2.16. The maximum Gasteiger partial charge on any atom is 0.516 e. The molecule has 0 saturated heterocycles. The summed E-state index contributed by atoms with van der Waals surface area (Å²) in [4.78, 5) is 23.8. The van der Waals surface area contributed by atoms with Crippen LogP contribution in [-0.2, 0) is 9.47 Å². The zero-order chi connectivity index (χ0) is 15.0. The quantitative estimate of drug-likeness (QED) is 0.333. The topological polar surface area (TPSA) is 86.1 Å². The molecule has 0 amide bonds. The van der Waals surface area contributed by atoms with Gasteiger partial charge in [-0.3, -0.25) is 0 Å². The molecule has 0 spiro atoms. The fourth-order valence-electron chi connectivity index (χ4n) is 0.965. The van der Waals surface area contributed by atoms with E-state index in [0.717, 1.165) is 6.20 Å². The van der Waals surface area contributed by atoms with E-state index in [4.69, 9.17) is 4.74 Å². The van der Waals surface area contributed by atoms with Crippen LogP contribution in [0.2, 0.25) is 0 Å². The van der Waals surface area contributed by atoms with Gasteiger partial charge in [0, 0.05) is 21.2 Å². The van der Waals surface area contributed by atoms with Gasteiger partial charge >= 0.3 is 12.2 Å². The van der Waals surface area contributed by atoms with Gasteiger partial charge in [-0.15, -0.1) is 0 Å². The summed E-state index contributed by atoms with van der Waals surface area (Å²) in [6.45, 7) is 0.264. The van der Waals surface area contributed by atoms with Crippen molar-refractivity contribution in [3.05, 3.63) is 12.0 Å². The van der Waals surface area contributed by atoms with Crippen molar-refractivity contribution < 1.29 is 23.4 Å². The van der Waals surface area contributed by atoms with E-state index in [-0.39, 0.29) is 25.0 Å². The van der Waals surface area contributed by atoms with E-state index < -0.39 is 12.0 Å². The molecular formula is C11H15FN4O4. The molecule has 0 atom stereocenters. The number of rotatable bonds is 6. The average molecular weight is 286 g/mol. The Morgan fingerprint density at radius 2 is 2.25 bits per heavy atom. The second-order valence-electron chi connectivity index (χ2n) is 3.73. The molecular weight excluding hydrogens is 271 g/mol. The van der Waals surface area contributed by atoms with Crippen LogP contribution in [0.1, 0.15) is 0 Å². The van der Waals surface area contributed by atoms with Crippen LogP contribution >= 0.6 is 0 Å². The van der Waals surface area contributed by atoms with Gasteiger partial charge in [0.2, 0.25) is 0 Å². The lowest BCUT2D eigenvalue weighted by Crippen LogP contribution is -2.15. The standard InChI is InChI=1S/C11H15FN4O4/c1-16(2)7-14-9-8(12)6-13-10(15-9)20-11(17)19-5-4-18-3/h6-7H,4-5H2,1-3H3/b14-7+. The summed E-state index contributed by atoms with van der Waals surface area (Å²) in [6.07, 6.45) is 1.20. The van der Waals surface area contributed by atoms with Gasteiger partial charge < -0.3 is 19.1 Å². The van der Waals surface area contributed by atoms with Gasteiger partial charge in [0.1, 0.15) is 6.61 Å². The zero-order valence-electron chi connectivity index (χ0n) is 11.4. The molecule has 110 valence electrons. The van der Waals surface area contributed by atoms with Crippen molar-refractivity contribution in [2.75, 3.05) is 34.4 Å². The van der Waals surface area contributed by atoms with Crippen molar-refractivity contribution in [3.63, 3.8) is 0 Å². The molecule has 0 aromatic carbocycles. The molecule has 0 aliphatic heterocycles. The van der Waals surface area contributed by atoms with E-state index in [1.807, 2.05) is 0 Å². The Labute approximate surface area is 115 Å². The van der Waals surface area contributed by atoms with Crippen LogP contribution in [0.4, 0.5) is 15.0 Å². The van der Waals surface area contributed by atoms with Gasteiger partial charge in [-0.25, -0.2) is 19.2 Å². The van der Waals surface area contributed by atoms with Crippen molar-refractivity contribution in [3.8, 4) is 6.01 Å². The zero-order valence-corrected chi connectivity index (χ0v) is 11.4. The number of hydrogen-bond donors (Lipinski definition) is 0. The minimum absolute atomic E-state index is 0.0299. The summed E-state index contributed by atoms with van der Waals surface area (Å²) in [5, 5.41) is 0. The number of ether oxygens (including phenoxy) is 3. The number of carbonyl (C=O) groups excluding carboxylic acids is 1. The summed E-state index contributed by atoms with van der Waals surface area (Å²) in [5.41, 5.74) is 0. The fraction of sp³-hybridized carbons (Fsp3) is 0.455. The minimum Gasteiger partial charge on any atom is -0.431 e. The molecule has 0 fully saturated rings. The summed E-state index contributed by atoms with van der Waals surface area (Å²) in [7, 11) is 4.90. The largest absolute Gasteiger partial charge is 0.516 e. The Kier molecular flexibility index (Phi) is 6.30. The van der Waals surface area contributed by atoms with Crippen LogP contribution in [0, 0.1) is 5.82 Å². The molecule has 9 heteroatoms. The highest BCUT2D eigenvalue weighted by Gasteiger charge is 2.11. The second kappa shape index (κ2) is 8.00. The monoisotopic (exact) mass is 286 g/mol. The summed E-state index contributed by atoms with van der Waals surface area (Å²) < 4.78 is 27.4. The molecule has 1 aromatic heterocycles. The number of carbonyl (C=O) groups is 1. The molecule has 0 bridgehead atoms. The highest BCUT2D eigenvalue weighted by atomic mass is 19.1. The van der Waals surface area contributed by atoms with E-state index in [2.05, 4.69) is 24.4 Å². The van der Waals surface area contributed by atoms with Crippen LogP contribution in [0.5, 0.6) is 6.01 Å². The Hall–Kier alpha value is -2.29. The lowest BCUT2D eigenvalue weighted by atomic mass is 10.5. The van der Waals surface area contributed by atoms with E-state index >= 15 is 0 Å². The van der Waals surface area contributed by atoms with Crippen LogP contribution in [-0.4, -0.2) is 61.8 Å². The molecule has 0 aliphatic carbocycles. The number of aromatic nitrogens is 2. The lowest BCUT2D eigenvalue weighted by molar-refractivity contribution is 0.0663. The molecule has 0 saturated carbocycles. The number of methoxy groups -OCH3 is 1.